The number of ether oxygens (including phenoxy) is 1. The van der Waals surface area contributed by atoms with Gasteiger partial charge in [0.1, 0.15) is 17.4 Å². The normalized spacial score (nSPS) is 10.3. The fourth-order valence-electron chi connectivity index (χ4n) is 1.62. The van der Waals surface area contributed by atoms with Crippen LogP contribution in [-0.2, 0) is 0 Å². The Bertz CT molecular complexity index is 641. The maximum Gasteiger partial charge on any atom is 0.197 e. The third-order valence-electron chi connectivity index (χ3n) is 2.59. The average molecular weight is 283 g/mol. The minimum absolute atomic E-state index is 0.0709. The van der Waals surface area contributed by atoms with Gasteiger partial charge in [-0.2, -0.15) is 0 Å². The van der Waals surface area contributed by atoms with Gasteiger partial charge in [0.05, 0.1) is 17.7 Å². The maximum atomic E-state index is 13.8. The number of hydrogen-bond donors (Lipinski definition) is 0. The van der Waals surface area contributed by atoms with E-state index in [0.29, 0.717) is 5.75 Å². The Hall–Kier alpha value is -1.94. The van der Waals surface area contributed by atoms with E-state index in [1.807, 2.05) is 0 Å². The molecule has 2 aromatic carbocycles. The number of methoxy groups -OCH3 is 1. The maximum absolute atomic E-state index is 13.8. The van der Waals surface area contributed by atoms with Crippen molar-refractivity contribution in [2.24, 2.45) is 0 Å². The van der Waals surface area contributed by atoms with Gasteiger partial charge in [-0.15, -0.1) is 0 Å². The van der Waals surface area contributed by atoms with Gasteiger partial charge in [0.2, 0.25) is 0 Å². The van der Waals surface area contributed by atoms with Gasteiger partial charge in [-0.25, -0.2) is 8.78 Å². The van der Waals surface area contributed by atoms with Gasteiger partial charge in [-0.05, 0) is 30.3 Å². The Morgan fingerprint density at radius 3 is 2.47 bits per heavy atom. The molecule has 0 N–H and O–H groups in total. The Balaban J connectivity index is 2.47. The number of halogens is 3. The zero-order chi connectivity index (χ0) is 14.0. The molecule has 2 nitrogen and oxygen atoms in total. The van der Waals surface area contributed by atoms with E-state index in [-0.39, 0.29) is 16.1 Å². The lowest BCUT2D eigenvalue weighted by atomic mass is 10.0. The van der Waals surface area contributed by atoms with Gasteiger partial charge in [0.15, 0.2) is 5.78 Å². The Kier molecular flexibility index (Phi) is 3.81. The molecule has 5 heteroatoms. The molecule has 0 saturated heterocycles. The zero-order valence-electron chi connectivity index (χ0n) is 9.91. The Morgan fingerprint density at radius 2 is 1.84 bits per heavy atom. The summed E-state index contributed by atoms with van der Waals surface area (Å²) in [7, 11) is 1.39. The SMILES string of the molecule is COc1ccc(C(=O)c2cc(F)ccc2Cl)c(F)c1. The number of carbonyl (C=O) groups excluding carboxylic acids is 1. The van der Waals surface area contributed by atoms with Crippen LogP contribution in [0, 0.1) is 11.6 Å². The smallest absolute Gasteiger partial charge is 0.197 e. The summed E-state index contributed by atoms with van der Waals surface area (Å²) in [5.41, 5.74) is -0.265. The van der Waals surface area contributed by atoms with Crippen molar-refractivity contribution in [1.29, 1.82) is 0 Å². The van der Waals surface area contributed by atoms with Crippen LogP contribution in [0.5, 0.6) is 5.75 Å². The summed E-state index contributed by atoms with van der Waals surface area (Å²) in [4.78, 5) is 12.1. The van der Waals surface area contributed by atoms with Crippen molar-refractivity contribution in [2.75, 3.05) is 7.11 Å². The lowest BCUT2D eigenvalue weighted by Gasteiger charge is -2.06. The molecular formula is C14H9ClF2O2. The predicted octanol–water partition coefficient (Wildman–Crippen LogP) is 3.86. The van der Waals surface area contributed by atoms with Crippen molar-refractivity contribution < 1.29 is 18.3 Å². The van der Waals surface area contributed by atoms with Crippen molar-refractivity contribution in [3.05, 3.63) is 64.2 Å². The van der Waals surface area contributed by atoms with E-state index in [4.69, 9.17) is 16.3 Å². The van der Waals surface area contributed by atoms with Crippen molar-refractivity contribution in [3.8, 4) is 5.75 Å². The second-order valence-electron chi connectivity index (χ2n) is 3.80. The van der Waals surface area contributed by atoms with Crippen LogP contribution >= 0.6 is 11.6 Å². The number of hydrogen-bond acceptors (Lipinski definition) is 2. The van der Waals surface area contributed by atoms with Gasteiger partial charge in [0.25, 0.3) is 0 Å². The van der Waals surface area contributed by atoms with E-state index in [9.17, 15) is 13.6 Å². The lowest BCUT2D eigenvalue weighted by molar-refractivity contribution is 0.103. The predicted molar refractivity (Wildman–Crippen MR) is 67.8 cm³/mol. The van der Waals surface area contributed by atoms with Crippen LogP contribution in [0.4, 0.5) is 8.78 Å². The molecule has 2 aromatic rings. The van der Waals surface area contributed by atoms with Crippen LogP contribution in [0.2, 0.25) is 5.02 Å². The minimum Gasteiger partial charge on any atom is -0.497 e. The first-order valence-corrected chi connectivity index (χ1v) is 5.74. The molecule has 0 heterocycles. The molecule has 0 aliphatic heterocycles. The third-order valence-corrected chi connectivity index (χ3v) is 2.92. The fraction of sp³-hybridized carbons (Fsp3) is 0.0714. The van der Waals surface area contributed by atoms with Crippen molar-refractivity contribution >= 4 is 17.4 Å². The molecular weight excluding hydrogens is 274 g/mol. The van der Waals surface area contributed by atoms with Gasteiger partial charge in [0, 0.05) is 11.6 Å². The highest BCUT2D eigenvalue weighted by Gasteiger charge is 2.18. The summed E-state index contributed by atoms with van der Waals surface area (Å²) in [6.45, 7) is 0. The molecule has 0 saturated carbocycles. The highest BCUT2D eigenvalue weighted by Crippen LogP contribution is 2.24. The van der Waals surface area contributed by atoms with Crippen molar-refractivity contribution in [1.82, 2.24) is 0 Å². The number of ketones is 1. The average Bonchev–Trinajstić information content (AvgIpc) is 2.40. The van der Waals surface area contributed by atoms with Crippen LogP contribution < -0.4 is 4.74 Å². The summed E-state index contributed by atoms with van der Waals surface area (Å²) in [6.07, 6.45) is 0. The highest BCUT2D eigenvalue weighted by molar-refractivity contribution is 6.35. The molecule has 0 unspecified atom stereocenters. The molecule has 0 spiro atoms. The first-order valence-electron chi connectivity index (χ1n) is 5.36. The van der Waals surface area contributed by atoms with E-state index in [1.54, 1.807) is 0 Å². The van der Waals surface area contributed by atoms with Crippen molar-refractivity contribution in [2.45, 2.75) is 0 Å². The molecule has 19 heavy (non-hydrogen) atoms. The van der Waals surface area contributed by atoms with E-state index < -0.39 is 17.4 Å². The number of rotatable bonds is 3. The Morgan fingerprint density at radius 1 is 1.11 bits per heavy atom. The fourth-order valence-corrected chi connectivity index (χ4v) is 1.83. The topological polar surface area (TPSA) is 26.3 Å². The van der Waals surface area contributed by atoms with Gasteiger partial charge >= 0.3 is 0 Å². The standard InChI is InChI=1S/C14H9ClF2O2/c1-19-9-3-4-10(13(17)7-9)14(18)11-6-8(16)2-5-12(11)15/h2-7H,1H3. The summed E-state index contributed by atoms with van der Waals surface area (Å²) in [5.74, 6) is -1.74. The van der Waals surface area contributed by atoms with Crippen molar-refractivity contribution in [3.63, 3.8) is 0 Å². The van der Waals surface area contributed by atoms with Crippen LogP contribution in [0.15, 0.2) is 36.4 Å². The molecule has 0 amide bonds. The van der Waals surface area contributed by atoms with Gasteiger partial charge in [-0.3, -0.25) is 4.79 Å². The largest absolute Gasteiger partial charge is 0.497 e. The summed E-state index contributed by atoms with van der Waals surface area (Å²) < 4.78 is 31.7. The van der Waals surface area contributed by atoms with Crippen LogP contribution in [0.25, 0.3) is 0 Å². The minimum atomic E-state index is -0.746. The quantitative estimate of drug-likeness (QED) is 0.799. The van der Waals surface area contributed by atoms with Gasteiger partial charge < -0.3 is 4.74 Å². The molecule has 0 fully saturated rings. The molecule has 0 aromatic heterocycles. The highest BCUT2D eigenvalue weighted by atomic mass is 35.5. The lowest BCUT2D eigenvalue weighted by Crippen LogP contribution is -2.06. The van der Waals surface area contributed by atoms with Gasteiger partial charge in [-0.1, -0.05) is 11.6 Å². The molecule has 2 rings (SSSR count). The number of benzene rings is 2. The molecule has 0 aliphatic rings. The van der Waals surface area contributed by atoms with E-state index in [2.05, 4.69) is 0 Å². The molecule has 98 valence electrons. The first-order chi connectivity index (χ1) is 9.02. The zero-order valence-corrected chi connectivity index (χ0v) is 10.7. The molecule has 0 atom stereocenters. The van der Waals surface area contributed by atoms with E-state index in [1.165, 1.54) is 25.3 Å². The van der Waals surface area contributed by atoms with E-state index >= 15 is 0 Å². The van der Waals surface area contributed by atoms with Crippen LogP contribution in [-0.4, -0.2) is 12.9 Å². The molecule has 0 bridgehead atoms. The molecule has 0 radical (unpaired) electrons. The molecule has 0 aliphatic carbocycles. The summed E-state index contributed by atoms with van der Waals surface area (Å²) in [6, 6.07) is 7.17. The summed E-state index contributed by atoms with van der Waals surface area (Å²) in [5, 5.41) is 0.0709. The number of carbonyl (C=O) groups is 1. The van der Waals surface area contributed by atoms with E-state index in [0.717, 1.165) is 18.2 Å². The summed E-state index contributed by atoms with van der Waals surface area (Å²) >= 11 is 5.82. The van der Waals surface area contributed by atoms with Crippen LogP contribution in [0.1, 0.15) is 15.9 Å². The monoisotopic (exact) mass is 282 g/mol. The first kappa shape index (κ1) is 13.5. The Labute approximate surface area is 113 Å². The van der Waals surface area contributed by atoms with Crippen LogP contribution in [0.3, 0.4) is 0 Å². The second kappa shape index (κ2) is 5.36. The second-order valence-corrected chi connectivity index (χ2v) is 4.21. The third kappa shape index (κ3) is 2.74.